The minimum atomic E-state index is -2.13. The lowest BCUT2D eigenvalue weighted by Gasteiger charge is -2.41. The molecule has 0 amide bonds. The smallest absolute Gasteiger partial charge is 0.192 e. The highest BCUT2D eigenvalue weighted by Crippen LogP contribution is 2.40. The Morgan fingerprint density at radius 3 is 2.20 bits per heavy atom. The Hall–Kier alpha value is -0.443. The van der Waals surface area contributed by atoms with E-state index in [1.165, 1.54) is 0 Å². The fourth-order valence-electron chi connectivity index (χ4n) is 2.49. The molecule has 1 unspecified atom stereocenters. The summed E-state index contributed by atoms with van der Waals surface area (Å²) in [5, 5.41) is 20.4. The van der Waals surface area contributed by atoms with Gasteiger partial charge in [-0.1, -0.05) is 27.4 Å². The van der Waals surface area contributed by atoms with Crippen LogP contribution in [0.15, 0.2) is 12.3 Å². The van der Waals surface area contributed by atoms with E-state index in [1.54, 1.807) is 20.8 Å². The molecule has 0 aliphatic carbocycles. The molecule has 0 aromatic rings. The molecule has 2 N–H and O–H groups in total. The summed E-state index contributed by atoms with van der Waals surface area (Å²) in [5.41, 5.74) is 0. The van der Waals surface area contributed by atoms with Gasteiger partial charge in [0.2, 0.25) is 0 Å². The van der Waals surface area contributed by atoms with Crippen molar-refractivity contribution in [2.75, 3.05) is 13.2 Å². The number of rotatable bonds is 8. The minimum Gasteiger partial charge on any atom is -0.496 e. The van der Waals surface area contributed by atoms with Crippen molar-refractivity contribution in [3.63, 3.8) is 0 Å². The molecule has 0 saturated carbocycles. The van der Waals surface area contributed by atoms with Gasteiger partial charge in [0, 0.05) is 0 Å². The standard InChI is InChI=1S/C18H36O6Si/c1-12(2)21-11-13(20)15-16(23-18(6,7)22-15)14(10-19)24-25(8,9)17(3,4)5/h13-16,19-20H,1,10-11H2,2-9H3/t13?,14-,15-,16+/m1/s1. The summed E-state index contributed by atoms with van der Waals surface area (Å²) < 4.78 is 23.5. The van der Waals surface area contributed by atoms with Crippen LogP contribution in [0.25, 0.3) is 0 Å². The van der Waals surface area contributed by atoms with Crippen LogP contribution < -0.4 is 0 Å². The second kappa shape index (κ2) is 8.06. The lowest BCUT2D eigenvalue weighted by molar-refractivity contribution is -0.162. The predicted octanol–water partition coefficient (Wildman–Crippen LogP) is 2.80. The first-order valence-electron chi connectivity index (χ1n) is 8.81. The van der Waals surface area contributed by atoms with Gasteiger partial charge < -0.3 is 28.8 Å². The number of aliphatic hydroxyl groups is 2. The first-order chi connectivity index (χ1) is 11.2. The molecule has 1 saturated heterocycles. The lowest BCUT2D eigenvalue weighted by atomic mass is 10.0. The van der Waals surface area contributed by atoms with E-state index in [9.17, 15) is 10.2 Å². The molecular formula is C18H36O6Si. The summed E-state index contributed by atoms with van der Waals surface area (Å²) in [6.07, 6.45) is -2.73. The van der Waals surface area contributed by atoms with Crippen LogP contribution in [0.2, 0.25) is 18.1 Å². The van der Waals surface area contributed by atoms with Crippen molar-refractivity contribution in [3.8, 4) is 0 Å². The first kappa shape index (κ1) is 22.6. The zero-order valence-electron chi connectivity index (χ0n) is 17.0. The summed E-state index contributed by atoms with van der Waals surface area (Å²) >= 11 is 0. The SMILES string of the molecule is C=C(C)OCC(O)[C@H]1OC(C)(C)O[C@H]1[C@@H](CO)O[Si](C)(C)C(C)(C)C. The monoisotopic (exact) mass is 376 g/mol. The van der Waals surface area contributed by atoms with Crippen molar-refractivity contribution in [2.24, 2.45) is 0 Å². The summed E-state index contributed by atoms with van der Waals surface area (Å²) in [7, 11) is -2.13. The number of hydrogen-bond acceptors (Lipinski definition) is 6. The maximum Gasteiger partial charge on any atom is 0.192 e. The van der Waals surface area contributed by atoms with E-state index >= 15 is 0 Å². The van der Waals surface area contributed by atoms with Crippen molar-refractivity contribution < 1.29 is 28.8 Å². The van der Waals surface area contributed by atoms with E-state index in [-0.39, 0.29) is 18.3 Å². The van der Waals surface area contributed by atoms with Gasteiger partial charge in [0.15, 0.2) is 14.1 Å². The van der Waals surface area contributed by atoms with Gasteiger partial charge in [-0.3, -0.25) is 0 Å². The molecule has 1 aliphatic heterocycles. The minimum absolute atomic E-state index is 0.00737. The van der Waals surface area contributed by atoms with Crippen molar-refractivity contribution in [3.05, 3.63) is 12.3 Å². The van der Waals surface area contributed by atoms with Gasteiger partial charge in [-0.2, -0.15) is 0 Å². The van der Waals surface area contributed by atoms with Gasteiger partial charge in [0.05, 0.1) is 18.5 Å². The van der Waals surface area contributed by atoms with E-state index in [0.29, 0.717) is 5.76 Å². The molecule has 0 aromatic heterocycles. The van der Waals surface area contributed by atoms with Crippen LogP contribution in [0.5, 0.6) is 0 Å². The molecule has 0 bridgehead atoms. The molecular weight excluding hydrogens is 340 g/mol. The van der Waals surface area contributed by atoms with Gasteiger partial charge >= 0.3 is 0 Å². The first-order valence-corrected chi connectivity index (χ1v) is 11.7. The summed E-state index contributed by atoms with van der Waals surface area (Å²) in [5.74, 6) is -0.353. The maximum absolute atomic E-state index is 10.5. The second-order valence-corrected chi connectivity index (χ2v) is 13.5. The van der Waals surface area contributed by atoms with Gasteiger partial charge in [-0.15, -0.1) is 0 Å². The predicted molar refractivity (Wildman–Crippen MR) is 99.8 cm³/mol. The van der Waals surface area contributed by atoms with Crippen LogP contribution >= 0.6 is 0 Å². The van der Waals surface area contributed by atoms with Crippen molar-refractivity contribution in [2.45, 2.75) is 89.9 Å². The van der Waals surface area contributed by atoms with Gasteiger partial charge in [0.1, 0.15) is 24.9 Å². The van der Waals surface area contributed by atoms with Crippen LogP contribution in [0, 0.1) is 0 Å². The quantitative estimate of drug-likeness (QED) is 0.501. The van der Waals surface area contributed by atoms with Crippen LogP contribution in [0.1, 0.15) is 41.5 Å². The van der Waals surface area contributed by atoms with Crippen LogP contribution in [-0.4, -0.2) is 61.9 Å². The highest BCUT2D eigenvalue weighted by atomic mass is 28.4. The van der Waals surface area contributed by atoms with E-state index in [4.69, 9.17) is 18.6 Å². The molecule has 148 valence electrons. The Morgan fingerprint density at radius 1 is 1.24 bits per heavy atom. The highest BCUT2D eigenvalue weighted by molar-refractivity contribution is 6.74. The zero-order chi connectivity index (χ0) is 19.6. The third-order valence-electron chi connectivity index (χ3n) is 4.84. The molecule has 6 nitrogen and oxygen atoms in total. The van der Waals surface area contributed by atoms with Gasteiger partial charge in [0.25, 0.3) is 0 Å². The summed E-state index contributed by atoms with van der Waals surface area (Å²) in [6.45, 7) is 19.4. The van der Waals surface area contributed by atoms with E-state index in [0.717, 1.165) is 0 Å². The van der Waals surface area contributed by atoms with E-state index in [2.05, 4.69) is 40.4 Å². The fourth-order valence-corrected chi connectivity index (χ4v) is 3.81. The normalized spacial score (nSPS) is 26.3. The van der Waals surface area contributed by atoms with Gasteiger partial charge in [-0.05, 0) is 38.9 Å². The fraction of sp³-hybridized carbons (Fsp3) is 0.889. The number of allylic oxidation sites excluding steroid dienone is 1. The average molecular weight is 377 g/mol. The number of aliphatic hydroxyl groups excluding tert-OH is 2. The van der Waals surface area contributed by atoms with Crippen LogP contribution in [-0.2, 0) is 18.6 Å². The molecule has 0 aromatic carbocycles. The lowest BCUT2D eigenvalue weighted by Crippen LogP contribution is -2.52. The molecule has 0 spiro atoms. The number of ether oxygens (including phenoxy) is 3. The van der Waals surface area contributed by atoms with E-state index in [1.807, 2.05) is 0 Å². The topological polar surface area (TPSA) is 77.4 Å². The van der Waals surface area contributed by atoms with E-state index < -0.39 is 38.5 Å². The Labute approximate surface area is 153 Å². The molecule has 7 heteroatoms. The Morgan fingerprint density at radius 2 is 1.76 bits per heavy atom. The molecule has 1 fully saturated rings. The van der Waals surface area contributed by atoms with Crippen LogP contribution in [0.4, 0.5) is 0 Å². The van der Waals surface area contributed by atoms with Crippen molar-refractivity contribution in [1.82, 2.24) is 0 Å². The molecule has 1 aliphatic rings. The summed E-state index contributed by atoms with van der Waals surface area (Å²) in [6, 6.07) is 0. The van der Waals surface area contributed by atoms with Crippen LogP contribution in [0.3, 0.4) is 0 Å². The molecule has 4 atom stereocenters. The Kier molecular flexibility index (Phi) is 7.29. The van der Waals surface area contributed by atoms with Gasteiger partial charge in [-0.25, -0.2) is 0 Å². The average Bonchev–Trinajstić information content (AvgIpc) is 2.76. The Bertz CT molecular complexity index is 457. The number of hydrogen-bond donors (Lipinski definition) is 2. The molecule has 1 heterocycles. The maximum atomic E-state index is 10.5. The zero-order valence-corrected chi connectivity index (χ0v) is 18.0. The Balaban J connectivity index is 2.96. The third-order valence-corrected chi connectivity index (χ3v) is 9.35. The highest BCUT2D eigenvalue weighted by Gasteiger charge is 2.51. The van der Waals surface area contributed by atoms with Crippen molar-refractivity contribution in [1.29, 1.82) is 0 Å². The second-order valence-electron chi connectivity index (χ2n) is 8.74. The molecule has 0 radical (unpaired) electrons. The summed E-state index contributed by atoms with van der Waals surface area (Å²) in [4.78, 5) is 0. The molecule has 25 heavy (non-hydrogen) atoms. The van der Waals surface area contributed by atoms with Crippen molar-refractivity contribution >= 4 is 8.32 Å². The third kappa shape index (κ3) is 6.04. The largest absolute Gasteiger partial charge is 0.496 e. The molecule has 1 rings (SSSR count).